The van der Waals surface area contributed by atoms with Gasteiger partial charge in [-0.25, -0.2) is 4.98 Å². The van der Waals surface area contributed by atoms with Crippen molar-refractivity contribution in [3.05, 3.63) is 63.0 Å². The summed E-state index contributed by atoms with van der Waals surface area (Å²) in [5.41, 5.74) is -1.81. The maximum atomic E-state index is 14.3. The van der Waals surface area contributed by atoms with Crippen LogP contribution in [0.2, 0.25) is 10.0 Å². The van der Waals surface area contributed by atoms with Crippen molar-refractivity contribution in [2.75, 3.05) is 11.5 Å². The average Bonchev–Trinajstić information content (AvgIpc) is 3.33. The Bertz CT molecular complexity index is 1320. The maximum Gasteiger partial charge on any atom is 0.435 e. The number of rotatable bonds is 5. The number of ketones is 1. The quantitative estimate of drug-likeness (QED) is 0.335. The minimum atomic E-state index is -4.82. The zero-order chi connectivity index (χ0) is 24.3. The van der Waals surface area contributed by atoms with Crippen LogP contribution in [0.25, 0.3) is 11.1 Å². The van der Waals surface area contributed by atoms with Gasteiger partial charge in [0, 0.05) is 34.5 Å². The molecule has 1 fully saturated rings. The van der Waals surface area contributed by atoms with E-state index in [9.17, 15) is 18.0 Å². The highest BCUT2D eigenvalue weighted by Gasteiger charge is 2.62. The minimum Gasteiger partial charge on any atom is -0.440 e. The highest BCUT2D eigenvalue weighted by atomic mass is 35.5. The van der Waals surface area contributed by atoms with E-state index >= 15 is 0 Å². The molecule has 0 amide bonds. The number of halogens is 5. The number of benzene rings is 2. The summed E-state index contributed by atoms with van der Waals surface area (Å²) in [4.78, 5) is 22.3. The lowest BCUT2D eigenvalue weighted by Gasteiger charge is -2.29. The summed E-state index contributed by atoms with van der Waals surface area (Å²) in [7, 11) is 0. The number of nitrogens with zero attached hydrogens (tertiary/aromatic N) is 2. The summed E-state index contributed by atoms with van der Waals surface area (Å²) < 4.78 is 48.7. The van der Waals surface area contributed by atoms with Gasteiger partial charge in [-0.1, -0.05) is 28.4 Å². The van der Waals surface area contributed by atoms with E-state index in [2.05, 4.69) is 10.1 Å². The Morgan fingerprint density at radius 2 is 1.91 bits per heavy atom. The van der Waals surface area contributed by atoms with E-state index in [0.29, 0.717) is 29.4 Å². The third kappa shape index (κ3) is 3.97. The number of hydrogen-bond donors (Lipinski definition) is 0. The van der Waals surface area contributed by atoms with Gasteiger partial charge in [0.05, 0.1) is 17.7 Å². The SMILES string of the molecule is Cc1nc2c(C3=NOC(c4cc(Cl)cc(Cl)c4)(C(F)(F)F)C3)ccc(C(=O)CC3CSC3)c2o1. The Morgan fingerprint density at radius 3 is 2.53 bits per heavy atom. The molecule has 5 nitrogen and oxygen atoms in total. The normalized spacial score (nSPS) is 20.8. The molecule has 1 unspecified atom stereocenters. The van der Waals surface area contributed by atoms with Crippen molar-refractivity contribution in [2.24, 2.45) is 11.1 Å². The van der Waals surface area contributed by atoms with Crippen molar-refractivity contribution in [2.45, 2.75) is 31.5 Å². The molecule has 1 saturated heterocycles. The second-order valence-electron chi connectivity index (χ2n) is 8.39. The van der Waals surface area contributed by atoms with Crippen LogP contribution in [0.3, 0.4) is 0 Å². The molecule has 5 rings (SSSR count). The number of thioether (sulfide) groups is 1. The van der Waals surface area contributed by atoms with E-state index in [4.69, 9.17) is 32.5 Å². The van der Waals surface area contributed by atoms with E-state index in [1.807, 2.05) is 0 Å². The largest absolute Gasteiger partial charge is 0.440 e. The van der Waals surface area contributed by atoms with Crippen LogP contribution in [0.15, 0.2) is 39.9 Å². The van der Waals surface area contributed by atoms with Gasteiger partial charge in [-0.2, -0.15) is 24.9 Å². The van der Waals surface area contributed by atoms with E-state index in [0.717, 1.165) is 23.6 Å². The molecule has 178 valence electrons. The van der Waals surface area contributed by atoms with Crippen LogP contribution in [0.4, 0.5) is 13.2 Å². The van der Waals surface area contributed by atoms with Gasteiger partial charge in [-0.15, -0.1) is 0 Å². The Labute approximate surface area is 206 Å². The summed E-state index contributed by atoms with van der Waals surface area (Å²) >= 11 is 13.7. The number of carbonyl (C=O) groups is 1. The maximum absolute atomic E-state index is 14.3. The van der Waals surface area contributed by atoms with Gasteiger partial charge in [0.1, 0.15) is 5.52 Å². The fourth-order valence-electron chi connectivity index (χ4n) is 4.18. The third-order valence-electron chi connectivity index (χ3n) is 5.96. The van der Waals surface area contributed by atoms with Crippen LogP contribution < -0.4 is 0 Å². The summed E-state index contributed by atoms with van der Waals surface area (Å²) in [5, 5.41) is 3.90. The van der Waals surface area contributed by atoms with Crippen molar-refractivity contribution >= 4 is 57.6 Å². The van der Waals surface area contributed by atoms with E-state index in [1.54, 1.807) is 30.8 Å². The lowest BCUT2D eigenvalue weighted by Crippen LogP contribution is -2.42. The van der Waals surface area contributed by atoms with E-state index < -0.39 is 18.2 Å². The highest BCUT2D eigenvalue weighted by molar-refractivity contribution is 8.00. The molecule has 2 aromatic carbocycles. The Morgan fingerprint density at radius 1 is 1.21 bits per heavy atom. The van der Waals surface area contributed by atoms with Crippen LogP contribution in [0.1, 0.15) is 40.2 Å². The third-order valence-corrected chi connectivity index (χ3v) is 7.81. The Hall–Kier alpha value is -2.23. The van der Waals surface area contributed by atoms with Gasteiger partial charge < -0.3 is 9.25 Å². The predicted octanol–water partition coefficient (Wildman–Crippen LogP) is 6.96. The molecule has 2 aliphatic heterocycles. The molecule has 1 aromatic heterocycles. The highest BCUT2D eigenvalue weighted by Crippen LogP contribution is 2.50. The molecule has 3 heterocycles. The Balaban J connectivity index is 1.54. The molecule has 3 aromatic rings. The average molecular weight is 529 g/mol. The van der Waals surface area contributed by atoms with E-state index in [1.165, 1.54) is 6.07 Å². The molecule has 11 heteroatoms. The second-order valence-corrected chi connectivity index (χ2v) is 10.3. The van der Waals surface area contributed by atoms with Crippen LogP contribution in [-0.4, -0.2) is 34.2 Å². The number of hydrogen-bond acceptors (Lipinski definition) is 6. The van der Waals surface area contributed by atoms with Gasteiger partial charge in [-0.05, 0) is 47.8 Å². The molecule has 0 bridgehead atoms. The van der Waals surface area contributed by atoms with Gasteiger partial charge in [0.15, 0.2) is 17.3 Å². The smallest absolute Gasteiger partial charge is 0.435 e. The van der Waals surface area contributed by atoms with Crippen LogP contribution in [-0.2, 0) is 10.4 Å². The topological polar surface area (TPSA) is 64.7 Å². The molecular formula is C23H17Cl2F3N2O3S. The first kappa shape index (κ1) is 23.5. The number of oxime groups is 1. The Kier molecular flexibility index (Phi) is 5.85. The minimum absolute atomic E-state index is 0.0288. The zero-order valence-electron chi connectivity index (χ0n) is 17.7. The summed E-state index contributed by atoms with van der Waals surface area (Å²) in [6.07, 6.45) is -5.06. The molecule has 0 saturated carbocycles. The number of aryl methyl sites for hydroxylation is 1. The standard InChI is InChI=1S/C23H17Cl2F3N2O3S/c1-11-29-20-16(2-3-17(21(20)32-11)19(31)4-12-9-34-10-12)18-8-22(33-30-18,23(26,27)28)13-5-14(24)7-15(25)6-13/h2-3,5-7,12H,4,8-10H2,1H3. The number of carbonyl (C=O) groups excluding carboxylic acids is 1. The lowest BCUT2D eigenvalue weighted by atomic mass is 9.86. The molecule has 0 spiro atoms. The predicted molar refractivity (Wildman–Crippen MR) is 125 cm³/mol. The van der Waals surface area contributed by atoms with Crippen molar-refractivity contribution < 1.29 is 27.2 Å². The molecule has 0 aliphatic carbocycles. The van der Waals surface area contributed by atoms with Gasteiger partial charge in [-0.3, -0.25) is 4.79 Å². The van der Waals surface area contributed by atoms with Crippen LogP contribution in [0, 0.1) is 12.8 Å². The van der Waals surface area contributed by atoms with Crippen molar-refractivity contribution in [3.8, 4) is 0 Å². The molecular weight excluding hydrogens is 512 g/mol. The summed E-state index contributed by atoms with van der Waals surface area (Å²) in [5.74, 6) is 2.40. The van der Waals surface area contributed by atoms with Crippen molar-refractivity contribution in [1.29, 1.82) is 0 Å². The second kappa shape index (κ2) is 8.46. The van der Waals surface area contributed by atoms with Crippen molar-refractivity contribution in [1.82, 2.24) is 4.98 Å². The molecule has 0 N–H and O–H groups in total. The van der Waals surface area contributed by atoms with Crippen LogP contribution >= 0.6 is 35.0 Å². The van der Waals surface area contributed by atoms with Crippen LogP contribution in [0.5, 0.6) is 0 Å². The number of Topliss-reactive ketones (excluding diaryl/α,β-unsaturated/α-hetero) is 1. The van der Waals surface area contributed by atoms with Gasteiger partial charge >= 0.3 is 6.18 Å². The fourth-order valence-corrected chi connectivity index (χ4v) is 5.51. The lowest BCUT2D eigenvalue weighted by molar-refractivity contribution is -0.275. The first-order valence-electron chi connectivity index (χ1n) is 10.4. The molecule has 0 radical (unpaired) electrons. The summed E-state index contributed by atoms with van der Waals surface area (Å²) in [6, 6.07) is 6.77. The first-order valence-corrected chi connectivity index (χ1v) is 12.3. The zero-order valence-corrected chi connectivity index (χ0v) is 20.0. The number of fused-ring (bicyclic) bond motifs is 1. The monoisotopic (exact) mass is 528 g/mol. The number of oxazole rings is 1. The number of aromatic nitrogens is 1. The first-order chi connectivity index (χ1) is 16.1. The van der Waals surface area contributed by atoms with Gasteiger partial charge in [0.25, 0.3) is 5.60 Å². The molecule has 2 aliphatic rings. The molecule has 34 heavy (non-hydrogen) atoms. The van der Waals surface area contributed by atoms with Crippen molar-refractivity contribution in [3.63, 3.8) is 0 Å². The van der Waals surface area contributed by atoms with Gasteiger partial charge in [0.2, 0.25) is 0 Å². The summed E-state index contributed by atoms with van der Waals surface area (Å²) in [6.45, 7) is 1.61. The fraction of sp³-hybridized carbons (Fsp3) is 0.348. The van der Waals surface area contributed by atoms with E-state index in [-0.39, 0.29) is 38.2 Å². The number of alkyl halides is 3. The molecule has 1 atom stereocenters.